The number of fused-ring (bicyclic) bond motifs is 2. The first-order valence-electron chi connectivity index (χ1n) is 11.9. The lowest BCUT2D eigenvalue weighted by molar-refractivity contribution is 0.0970. The number of benzene rings is 3. The van der Waals surface area contributed by atoms with Gasteiger partial charge in [-0.1, -0.05) is 17.7 Å². The summed E-state index contributed by atoms with van der Waals surface area (Å²) in [6, 6.07) is 16.0. The summed E-state index contributed by atoms with van der Waals surface area (Å²) in [4.78, 5) is 40.9. The number of hydrogen-bond donors (Lipinski definition) is 0. The predicted molar refractivity (Wildman–Crippen MR) is 141 cm³/mol. The summed E-state index contributed by atoms with van der Waals surface area (Å²) >= 11 is 6.18. The quantitative estimate of drug-likeness (QED) is 0.271. The van der Waals surface area contributed by atoms with Crippen LogP contribution in [0.4, 0.5) is 5.69 Å². The van der Waals surface area contributed by atoms with E-state index in [-0.39, 0.29) is 33.5 Å². The van der Waals surface area contributed by atoms with Crippen molar-refractivity contribution in [2.45, 2.75) is 26.8 Å². The number of anilines is 1. The van der Waals surface area contributed by atoms with E-state index in [0.717, 1.165) is 0 Å². The SMILES string of the molecule is CCOc1ccc(C2c3c(oc4ccc(Cl)cc4c3=O)C(=O)N2c2ccc(C(C)=O)cc2)cc1OCC. The number of carbonyl (C=O) groups excluding carboxylic acids is 2. The van der Waals surface area contributed by atoms with Gasteiger partial charge >= 0.3 is 0 Å². The van der Waals surface area contributed by atoms with Gasteiger partial charge in [-0.3, -0.25) is 19.3 Å². The van der Waals surface area contributed by atoms with Gasteiger partial charge < -0.3 is 13.9 Å². The second-order valence-electron chi connectivity index (χ2n) is 8.57. The van der Waals surface area contributed by atoms with Crippen LogP contribution in [0, 0.1) is 0 Å². The van der Waals surface area contributed by atoms with Crippen LogP contribution in [-0.4, -0.2) is 24.9 Å². The molecule has 1 aliphatic heterocycles. The van der Waals surface area contributed by atoms with Crippen LogP contribution in [0.25, 0.3) is 11.0 Å². The van der Waals surface area contributed by atoms with Crippen LogP contribution in [0.5, 0.6) is 11.5 Å². The third-order valence-electron chi connectivity index (χ3n) is 6.27. The molecule has 0 N–H and O–H groups in total. The van der Waals surface area contributed by atoms with E-state index in [1.54, 1.807) is 60.7 Å². The molecule has 2 heterocycles. The summed E-state index contributed by atoms with van der Waals surface area (Å²) in [5.41, 5.74) is 1.81. The van der Waals surface area contributed by atoms with Gasteiger partial charge in [0.15, 0.2) is 22.7 Å². The van der Waals surface area contributed by atoms with Crippen molar-refractivity contribution in [1.82, 2.24) is 0 Å². The molecule has 188 valence electrons. The number of nitrogens with zero attached hydrogens (tertiary/aromatic N) is 1. The zero-order valence-electron chi connectivity index (χ0n) is 20.5. The van der Waals surface area contributed by atoms with Crippen molar-refractivity contribution in [3.63, 3.8) is 0 Å². The highest BCUT2D eigenvalue weighted by molar-refractivity contribution is 6.31. The molecule has 7 nitrogen and oxygen atoms in total. The van der Waals surface area contributed by atoms with Gasteiger partial charge in [-0.2, -0.15) is 0 Å². The van der Waals surface area contributed by atoms with Crippen LogP contribution >= 0.6 is 11.6 Å². The molecule has 0 saturated heterocycles. The summed E-state index contributed by atoms with van der Waals surface area (Å²) in [5.74, 6) is 0.478. The molecule has 0 radical (unpaired) electrons. The largest absolute Gasteiger partial charge is 0.490 e. The summed E-state index contributed by atoms with van der Waals surface area (Å²) in [6.45, 7) is 6.08. The summed E-state index contributed by atoms with van der Waals surface area (Å²) in [6.07, 6.45) is 0. The van der Waals surface area contributed by atoms with Crippen molar-refractivity contribution in [3.8, 4) is 11.5 Å². The average molecular weight is 518 g/mol. The van der Waals surface area contributed by atoms with Gasteiger partial charge in [0.25, 0.3) is 5.91 Å². The van der Waals surface area contributed by atoms with Gasteiger partial charge in [0.1, 0.15) is 5.58 Å². The lowest BCUT2D eigenvalue weighted by Crippen LogP contribution is -2.29. The molecule has 1 unspecified atom stereocenters. The number of hydrogen-bond acceptors (Lipinski definition) is 6. The number of ketones is 1. The highest BCUT2D eigenvalue weighted by atomic mass is 35.5. The Hall–Kier alpha value is -4.10. The number of halogens is 1. The van der Waals surface area contributed by atoms with Crippen LogP contribution in [0.3, 0.4) is 0 Å². The van der Waals surface area contributed by atoms with Crippen molar-refractivity contribution < 1.29 is 23.5 Å². The van der Waals surface area contributed by atoms with E-state index in [4.69, 9.17) is 25.5 Å². The molecule has 0 aliphatic carbocycles. The maximum Gasteiger partial charge on any atom is 0.295 e. The maximum atomic E-state index is 13.8. The third-order valence-corrected chi connectivity index (χ3v) is 6.50. The van der Waals surface area contributed by atoms with E-state index in [1.165, 1.54) is 11.8 Å². The molecule has 0 fully saturated rings. The fourth-order valence-electron chi connectivity index (χ4n) is 4.62. The molecule has 0 spiro atoms. The van der Waals surface area contributed by atoms with Crippen molar-refractivity contribution in [2.75, 3.05) is 18.1 Å². The monoisotopic (exact) mass is 517 g/mol. The van der Waals surface area contributed by atoms with Crippen molar-refractivity contribution in [1.29, 1.82) is 0 Å². The Morgan fingerprint density at radius 3 is 2.32 bits per heavy atom. The second kappa shape index (κ2) is 9.75. The first-order valence-corrected chi connectivity index (χ1v) is 12.3. The summed E-state index contributed by atoms with van der Waals surface area (Å²) in [5, 5.41) is 0.672. The number of ether oxygens (including phenoxy) is 2. The average Bonchev–Trinajstić information content (AvgIpc) is 3.18. The Balaban J connectivity index is 1.76. The number of rotatable bonds is 7. The molecule has 0 saturated carbocycles. The van der Waals surface area contributed by atoms with Crippen LogP contribution in [0.15, 0.2) is 69.9 Å². The fourth-order valence-corrected chi connectivity index (χ4v) is 4.79. The van der Waals surface area contributed by atoms with Crippen LogP contribution in [0.2, 0.25) is 5.02 Å². The molecule has 4 aromatic rings. The van der Waals surface area contributed by atoms with Gasteiger partial charge in [-0.25, -0.2) is 0 Å². The molecule has 1 amide bonds. The van der Waals surface area contributed by atoms with Gasteiger partial charge in [0.2, 0.25) is 5.76 Å². The molecule has 8 heteroatoms. The molecule has 1 aromatic heterocycles. The number of carbonyl (C=O) groups is 2. The van der Waals surface area contributed by atoms with E-state index in [1.807, 2.05) is 13.8 Å². The number of amides is 1. The van der Waals surface area contributed by atoms with Crippen molar-refractivity contribution in [3.05, 3.63) is 98.4 Å². The van der Waals surface area contributed by atoms with Crippen LogP contribution in [-0.2, 0) is 0 Å². The standard InChI is InChI=1S/C29H24ClNO6/c1-4-35-23-12-8-18(14-24(23)36-5-2)26-25-27(33)21-15-19(30)9-13-22(21)37-28(25)29(34)31(26)20-10-6-17(7-11-20)16(3)32/h6-15,26H,4-5H2,1-3H3. The maximum absolute atomic E-state index is 13.8. The van der Waals surface area contributed by atoms with Gasteiger partial charge in [0, 0.05) is 16.3 Å². The van der Waals surface area contributed by atoms with Crippen molar-refractivity contribution >= 4 is 39.9 Å². The zero-order valence-corrected chi connectivity index (χ0v) is 21.3. The minimum absolute atomic E-state index is 0.0349. The van der Waals surface area contributed by atoms with Crippen LogP contribution in [0.1, 0.15) is 58.9 Å². The van der Waals surface area contributed by atoms with E-state index < -0.39 is 11.9 Å². The van der Waals surface area contributed by atoms with Gasteiger partial charge in [0.05, 0.1) is 30.2 Å². The highest BCUT2D eigenvalue weighted by Crippen LogP contribution is 2.43. The molecule has 1 aliphatic rings. The molecule has 37 heavy (non-hydrogen) atoms. The Labute approximate surface area is 218 Å². The molecule has 3 aromatic carbocycles. The van der Waals surface area contributed by atoms with E-state index >= 15 is 0 Å². The van der Waals surface area contributed by atoms with Gasteiger partial charge in [-0.05, 0) is 80.9 Å². The smallest absolute Gasteiger partial charge is 0.295 e. The Bertz CT molecular complexity index is 1590. The molecule has 1 atom stereocenters. The Morgan fingerprint density at radius 2 is 1.65 bits per heavy atom. The predicted octanol–water partition coefficient (Wildman–Crippen LogP) is 6.20. The highest BCUT2D eigenvalue weighted by Gasteiger charge is 2.44. The minimum Gasteiger partial charge on any atom is -0.490 e. The molecular weight excluding hydrogens is 494 g/mol. The molecular formula is C29H24ClNO6. The zero-order chi connectivity index (χ0) is 26.3. The van der Waals surface area contributed by atoms with E-state index in [0.29, 0.717) is 46.5 Å². The Kier molecular flexibility index (Phi) is 6.48. The normalized spacial score (nSPS) is 14.6. The fraction of sp³-hybridized carbons (Fsp3) is 0.207. The lowest BCUT2D eigenvalue weighted by Gasteiger charge is -2.26. The third kappa shape index (κ3) is 4.25. The molecule has 0 bridgehead atoms. The summed E-state index contributed by atoms with van der Waals surface area (Å²) < 4.78 is 17.5. The van der Waals surface area contributed by atoms with Crippen molar-refractivity contribution in [2.24, 2.45) is 0 Å². The Morgan fingerprint density at radius 1 is 0.946 bits per heavy atom. The lowest BCUT2D eigenvalue weighted by atomic mass is 9.97. The van der Waals surface area contributed by atoms with Gasteiger partial charge in [-0.15, -0.1) is 0 Å². The molecule has 5 rings (SSSR count). The second-order valence-corrected chi connectivity index (χ2v) is 9.00. The number of Topliss-reactive ketones (excluding diaryl/α,β-unsaturated/α-hetero) is 1. The summed E-state index contributed by atoms with van der Waals surface area (Å²) in [7, 11) is 0. The van der Waals surface area contributed by atoms with Crippen LogP contribution < -0.4 is 19.8 Å². The van der Waals surface area contributed by atoms with E-state index in [2.05, 4.69) is 0 Å². The first kappa shape index (κ1) is 24.6. The first-order chi connectivity index (χ1) is 17.8. The topological polar surface area (TPSA) is 86.0 Å². The minimum atomic E-state index is -0.805. The van der Waals surface area contributed by atoms with E-state index in [9.17, 15) is 14.4 Å².